The summed E-state index contributed by atoms with van der Waals surface area (Å²) in [4.78, 5) is 24.1. The third kappa shape index (κ3) is 11.0. The van der Waals surface area contributed by atoms with E-state index >= 15 is 0 Å². The van der Waals surface area contributed by atoms with Crippen molar-refractivity contribution in [2.45, 2.75) is 25.7 Å². The first-order chi connectivity index (χ1) is 17.4. The van der Waals surface area contributed by atoms with Gasteiger partial charge in [-0.15, -0.1) is 0 Å². The summed E-state index contributed by atoms with van der Waals surface area (Å²) in [6, 6.07) is 11.0. The summed E-state index contributed by atoms with van der Waals surface area (Å²) in [5.74, 6) is 0.778. The van der Waals surface area contributed by atoms with Gasteiger partial charge in [0.1, 0.15) is 24.7 Å². The standard InChI is InChI=1S/C26H28Br2N4O4/c1-3-13-35-23-11-9-21(27)15-19(23)17-29-31-25(33)7-5-6-8-26(34)32-30-18-20-16-22(28)10-12-24(20)36-14-4-2/h3-4,9-12,15-18H,1-2,5-8,13-14H2,(H,31,33)(H,32,34). The molecule has 36 heavy (non-hydrogen) atoms. The molecule has 0 atom stereocenters. The average molecular weight is 620 g/mol. The predicted octanol–water partition coefficient (Wildman–Crippen LogP) is 5.50. The van der Waals surface area contributed by atoms with Gasteiger partial charge in [0, 0.05) is 32.9 Å². The van der Waals surface area contributed by atoms with Gasteiger partial charge in [-0.25, -0.2) is 10.9 Å². The molecule has 2 N–H and O–H groups in total. The number of halogens is 2. The van der Waals surface area contributed by atoms with Crippen LogP contribution in [0.25, 0.3) is 0 Å². The summed E-state index contributed by atoms with van der Waals surface area (Å²) in [7, 11) is 0. The topological polar surface area (TPSA) is 101 Å². The SMILES string of the molecule is C=CCOc1ccc(Br)cc1C=NNC(=O)CCCCC(=O)NN=Cc1cc(Br)ccc1OCC=C. The Morgan fingerprint density at radius 1 is 0.778 bits per heavy atom. The van der Waals surface area contributed by atoms with Crippen molar-refractivity contribution in [2.75, 3.05) is 13.2 Å². The van der Waals surface area contributed by atoms with E-state index in [1.807, 2.05) is 24.3 Å². The molecule has 2 rings (SSSR count). The Bertz CT molecular complexity index is 1030. The first-order valence-corrected chi connectivity index (χ1v) is 12.7. The van der Waals surface area contributed by atoms with Crippen molar-refractivity contribution >= 4 is 56.1 Å². The number of nitrogens with one attached hydrogen (secondary N) is 2. The van der Waals surface area contributed by atoms with Gasteiger partial charge in [-0.3, -0.25) is 9.59 Å². The van der Waals surface area contributed by atoms with Gasteiger partial charge in [0.2, 0.25) is 11.8 Å². The van der Waals surface area contributed by atoms with Gasteiger partial charge in [0.25, 0.3) is 0 Å². The fraction of sp³-hybridized carbons (Fsp3) is 0.231. The van der Waals surface area contributed by atoms with Crippen molar-refractivity contribution in [1.82, 2.24) is 10.9 Å². The summed E-state index contributed by atoms with van der Waals surface area (Å²) < 4.78 is 12.9. The number of hydrogen-bond acceptors (Lipinski definition) is 6. The number of hydrogen-bond donors (Lipinski definition) is 2. The van der Waals surface area contributed by atoms with Crippen LogP contribution in [-0.4, -0.2) is 37.5 Å². The molecule has 0 fully saturated rings. The van der Waals surface area contributed by atoms with Crippen LogP contribution >= 0.6 is 31.9 Å². The molecule has 190 valence electrons. The van der Waals surface area contributed by atoms with Crippen molar-refractivity contribution in [3.63, 3.8) is 0 Å². The summed E-state index contributed by atoms with van der Waals surface area (Å²) in [5, 5.41) is 8.00. The second-order valence-corrected chi connectivity index (χ2v) is 9.19. The molecule has 8 nitrogen and oxygen atoms in total. The maximum absolute atomic E-state index is 12.0. The minimum Gasteiger partial charge on any atom is -0.489 e. The van der Waals surface area contributed by atoms with Crippen LogP contribution in [0.1, 0.15) is 36.8 Å². The number of amides is 2. The Morgan fingerprint density at radius 2 is 1.19 bits per heavy atom. The monoisotopic (exact) mass is 618 g/mol. The molecule has 0 bridgehead atoms. The van der Waals surface area contributed by atoms with Gasteiger partial charge in [-0.2, -0.15) is 10.2 Å². The third-order valence-corrected chi connectivity index (χ3v) is 5.49. The zero-order valence-electron chi connectivity index (χ0n) is 19.7. The third-order valence-electron chi connectivity index (χ3n) is 4.50. The van der Waals surface area contributed by atoms with E-state index in [2.05, 4.69) is 66.1 Å². The largest absolute Gasteiger partial charge is 0.489 e. The van der Waals surface area contributed by atoms with E-state index in [-0.39, 0.29) is 24.7 Å². The number of hydrazone groups is 2. The van der Waals surface area contributed by atoms with E-state index in [1.54, 1.807) is 24.3 Å². The van der Waals surface area contributed by atoms with Crippen molar-refractivity contribution < 1.29 is 19.1 Å². The van der Waals surface area contributed by atoms with Gasteiger partial charge in [-0.1, -0.05) is 57.2 Å². The van der Waals surface area contributed by atoms with Gasteiger partial charge >= 0.3 is 0 Å². The molecule has 10 heteroatoms. The lowest BCUT2D eigenvalue weighted by Gasteiger charge is -2.07. The molecule has 0 saturated carbocycles. The van der Waals surface area contributed by atoms with Crippen molar-refractivity contribution in [2.24, 2.45) is 10.2 Å². The Balaban J connectivity index is 1.71. The highest BCUT2D eigenvalue weighted by Gasteiger charge is 2.06. The van der Waals surface area contributed by atoms with Crippen LogP contribution in [0, 0.1) is 0 Å². The number of benzene rings is 2. The Hall–Kier alpha value is -3.24. The summed E-state index contributed by atoms with van der Waals surface area (Å²) >= 11 is 6.81. The molecule has 0 radical (unpaired) electrons. The highest BCUT2D eigenvalue weighted by molar-refractivity contribution is 9.10. The van der Waals surface area contributed by atoms with Crippen LogP contribution in [0.3, 0.4) is 0 Å². The van der Waals surface area contributed by atoms with E-state index in [4.69, 9.17) is 9.47 Å². The van der Waals surface area contributed by atoms with Crippen LogP contribution < -0.4 is 20.3 Å². The van der Waals surface area contributed by atoms with Crippen molar-refractivity contribution in [1.29, 1.82) is 0 Å². The van der Waals surface area contributed by atoms with E-state index in [0.717, 1.165) is 8.95 Å². The number of carbonyl (C=O) groups is 2. The Morgan fingerprint density at radius 3 is 1.58 bits per heavy atom. The minimum absolute atomic E-state index is 0.241. The number of carbonyl (C=O) groups excluding carboxylic acids is 2. The van der Waals surface area contributed by atoms with Crippen LogP contribution in [0.4, 0.5) is 0 Å². The molecule has 0 aliphatic rings. The molecule has 0 aliphatic carbocycles. The first kappa shape index (κ1) is 29.0. The fourth-order valence-corrected chi connectivity index (χ4v) is 3.59. The maximum Gasteiger partial charge on any atom is 0.240 e. The van der Waals surface area contributed by atoms with Crippen LogP contribution in [0.5, 0.6) is 11.5 Å². The molecule has 0 heterocycles. The lowest BCUT2D eigenvalue weighted by molar-refractivity contribution is -0.123. The van der Waals surface area contributed by atoms with Crippen LogP contribution in [0.2, 0.25) is 0 Å². The fourth-order valence-electron chi connectivity index (χ4n) is 2.83. The van der Waals surface area contributed by atoms with Crippen molar-refractivity contribution in [3.05, 3.63) is 81.8 Å². The first-order valence-electron chi connectivity index (χ1n) is 11.1. The highest BCUT2D eigenvalue weighted by atomic mass is 79.9. The molecule has 0 saturated heterocycles. The number of nitrogens with zero attached hydrogens (tertiary/aromatic N) is 2. The molecule has 2 amide bonds. The molecule has 2 aromatic rings. The predicted molar refractivity (Wildman–Crippen MR) is 150 cm³/mol. The number of ether oxygens (including phenoxy) is 2. The van der Waals surface area contributed by atoms with E-state index in [1.165, 1.54) is 12.4 Å². The maximum atomic E-state index is 12.0. The molecule has 0 aromatic heterocycles. The zero-order valence-corrected chi connectivity index (χ0v) is 22.9. The number of unbranched alkanes of at least 4 members (excludes halogenated alkanes) is 1. The van der Waals surface area contributed by atoms with E-state index < -0.39 is 0 Å². The lowest BCUT2D eigenvalue weighted by Crippen LogP contribution is -2.19. The van der Waals surface area contributed by atoms with Gasteiger partial charge in [0.15, 0.2) is 0 Å². The molecule has 0 spiro atoms. The second-order valence-electron chi connectivity index (χ2n) is 7.36. The normalized spacial score (nSPS) is 10.8. The second kappa shape index (κ2) is 16.4. The lowest BCUT2D eigenvalue weighted by atomic mass is 10.2. The van der Waals surface area contributed by atoms with Crippen LogP contribution in [0.15, 0.2) is 80.9 Å². The highest BCUT2D eigenvalue weighted by Crippen LogP contribution is 2.22. The minimum atomic E-state index is -0.241. The van der Waals surface area contributed by atoms with E-state index in [0.29, 0.717) is 48.7 Å². The number of rotatable bonds is 15. The van der Waals surface area contributed by atoms with Gasteiger partial charge in [0.05, 0.1) is 12.4 Å². The zero-order chi connectivity index (χ0) is 26.2. The van der Waals surface area contributed by atoms with Gasteiger partial charge < -0.3 is 9.47 Å². The Kier molecular flexibility index (Phi) is 13.2. The average Bonchev–Trinajstić information content (AvgIpc) is 2.85. The molecule has 2 aromatic carbocycles. The molecular weight excluding hydrogens is 592 g/mol. The summed E-state index contributed by atoms with van der Waals surface area (Å²) in [6.45, 7) is 7.99. The molecule has 0 aliphatic heterocycles. The van der Waals surface area contributed by atoms with E-state index in [9.17, 15) is 9.59 Å². The summed E-state index contributed by atoms with van der Waals surface area (Å²) in [5.41, 5.74) is 6.41. The molecular formula is C26H28Br2N4O4. The quantitative estimate of drug-likeness (QED) is 0.119. The van der Waals surface area contributed by atoms with Gasteiger partial charge in [-0.05, 0) is 49.2 Å². The molecule has 0 unspecified atom stereocenters. The van der Waals surface area contributed by atoms with Crippen molar-refractivity contribution in [3.8, 4) is 11.5 Å². The van der Waals surface area contributed by atoms with Crippen LogP contribution in [-0.2, 0) is 9.59 Å². The summed E-state index contributed by atoms with van der Waals surface area (Å²) in [6.07, 6.45) is 7.90. The smallest absolute Gasteiger partial charge is 0.240 e. The Labute approximate surface area is 227 Å².